The molecule has 6 rings (SSSR count). The van der Waals surface area contributed by atoms with Gasteiger partial charge in [-0.05, 0) is 12.0 Å². The van der Waals surface area contributed by atoms with Gasteiger partial charge in [-0.3, -0.25) is 6.08 Å². The Morgan fingerprint density at radius 3 is 1.77 bits per heavy atom. The Kier molecular flexibility index (Phi) is 14.5. The minimum absolute atomic E-state index is 0. The summed E-state index contributed by atoms with van der Waals surface area (Å²) >= 11 is 1.46. The van der Waals surface area contributed by atoms with Gasteiger partial charge in [-0.25, -0.2) is 6.08 Å². The topological polar surface area (TPSA) is 0 Å². The molecule has 0 atom stereocenters. The number of hydrogen-bond acceptors (Lipinski definition) is 0. The first kappa shape index (κ1) is 37.4. The van der Waals surface area contributed by atoms with Gasteiger partial charge in [0.05, 0.1) is 0 Å². The molecule has 0 heterocycles. The van der Waals surface area contributed by atoms with Crippen LogP contribution in [0.4, 0.5) is 0 Å². The second-order valence-corrected chi connectivity index (χ2v) is 13.1. The Labute approximate surface area is 292 Å². The third-order valence-corrected chi connectivity index (χ3v) is 8.97. The summed E-state index contributed by atoms with van der Waals surface area (Å²) < 4.78 is 1.42. The first-order valence-corrected chi connectivity index (χ1v) is 15.7. The molecule has 0 nitrogen and oxygen atoms in total. The normalized spacial score (nSPS) is 12.0. The largest absolute Gasteiger partial charge is 1.00 e. The van der Waals surface area contributed by atoms with Gasteiger partial charge < -0.3 is 24.8 Å². The molecule has 0 saturated heterocycles. The van der Waals surface area contributed by atoms with Crippen LogP contribution in [0.15, 0.2) is 110 Å². The summed E-state index contributed by atoms with van der Waals surface area (Å²) in [5, 5.41) is 0. The third kappa shape index (κ3) is 9.84. The molecule has 4 aromatic carbocycles. The molecule has 0 aliphatic heterocycles. The molecule has 4 aromatic rings. The molecule has 0 amide bonds. The van der Waals surface area contributed by atoms with E-state index in [4.69, 9.17) is 0 Å². The van der Waals surface area contributed by atoms with Crippen LogP contribution in [-0.2, 0) is 30.7 Å². The average Bonchev–Trinajstić information content (AvgIpc) is 3.67. The molecule has 224 valence electrons. The molecule has 0 bridgehead atoms. The Morgan fingerprint density at radius 2 is 1.32 bits per heavy atom. The Hall–Kier alpha value is -2.83. The van der Waals surface area contributed by atoms with Crippen LogP contribution in [0.5, 0.6) is 0 Å². The maximum Gasteiger partial charge on any atom is -1.00 e. The summed E-state index contributed by atoms with van der Waals surface area (Å²) in [4.78, 5) is 0. The van der Waals surface area contributed by atoms with Crippen molar-refractivity contribution in [3.8, 4) is 11.1 Å². The maximum absolute atomic E-state index is 3.82. The van der Waals surface area contributed by atoms with E-state index in [1.165, 1.54) is 83.1 Å². The molecule has 44 heavy (non-hydrogen) atoms. The van der Waals surface area contributed by atoms with Gasteiger partial charge in [0.1, 0.15) is 0 Å². The van der Waals surface area contributed by atoms with Crippen LogP contribution >= 0.6 is 0 Å². The molecule has 0 N–H and O–H groups in total. The van der Waals surface area contributed by atoms with Gasteiger partial charge in [-0.1, -0.05) is 68.2 Å². The van der Waals surface area contributed by atoms with Crippen molar-refractivity contribution in [2.75, 3.05) is 0 Å². The van der Waals surface area contributed by atoms with Crippen molar-refractivity contribution >= 4 is 15.4 Å². The number of halogens is 2. The number of benzene rings is 4. The summed E-state index contributed by atoms with van der Waals surface area (Å²) in [6, 6.07) is 31.6. The second kappa shape index (κ2) is 17.0. The maximum atomic E-state index is 3.82. The van der Waals surface area contributed by atoms with Gasteiger partial charge >= 0.3 is 112 Å². The number of hydrogen-bond donors (Lipinski definition) is 0. The fraction of sp³-hybridized carbons (Fsp3) is 0.195. The molecule has 2 aliphatic rings. The van der Waals surface area contributed by atoms with Gasteiger partial charge in [0.25, 0.3) is 0 Å². The minimum Gasteiger partial charge on any atom is -1.00 e. The van der Waals surface area contributed by atoms with E-state index < -0.39 is 0 Å². The molecule has 0 saturated carbocycles. The zero-order valence-electron chi connectivity index (χ0n) is 26.4. The van der Waals surface area contributed by atoms with Crippen molar-refractivity contribution in [3.63, 3.8) is 0 Å². The average molecular weight is 695 g/mol. The van der Waals surface area contributed by atoms with E-state index in [1.54, 1.807) is 0 Å². The molecule has 0 radical (unpaired) electrons. The van der Waals surface area contributed by atoms with Crippen LogP contribution in [0.2, 0.25) is 0 Å². The summed E-state index contributed by atoms with van der Waals surface area (Å²) in [7, 11) is 0. The van der Waals surface area contributed by atoms with Gasteiger partial charge in [0.15, 0.2) is 0 Å². The molecule has 2 aliphatic carbocycles. The summed E-state index contributed by atoms with van der Waals surface area (Å²) in [6.45, 7) is 18.6. The molecule has 0 aromatic heterocycles. The zero-order valence-corrected chi connectivity index (χ0v) is 30.4. The number of fused-ring (bicyclic) bond motifs is 3. The van der Waals surface area contributed by atoms with E-state index in [2.05, 4.69) is 145 Å². The van der Waals surface area contributed by atoms with Crippen LogP contribution in [0.3, 0.4) is 0 Å². The standard InChI is InChI=1S/C17H13.C15H14.C9H13.2ClH.Zr/c1-3-12-5-7-14-11-15-8-6-13(4-2)10-17(15)16(14)9-12;1-12-3-7-14(8-4-12)11-15-9-5-13(2)6-10-15;1-9(2,3)8-6-4-5-7-8;;;/h3-7,9-10H,1-2,11H2;3-10H,1-2H3;6-7H,4H2,1-3H3;2*1H;/q-1;;-1;;;+2/p-2. The van der Waals surface area contributed by atoms with E-state index in [9.17, 15) is 0 Å². The molecule has 3 heteroatoms. The number of allylic oxidation sites excluding steroid dienone is 4. The Bertz CT molecular complexity index is 1540. The van der Waals surface area contributed by atoms with Gasteiger partial charge in [-0.2, -0.15) is 35.4 Å². The van der Waals surface area contributed by atoms with Crippen LogP contribution in [0, 0.1) is 31.4 Å². The van der Waals surface area contributed by atoms with E-state index in [1.807, 2.05) is 18.2 Å². The molecule has 0 unspecified atom stereocenters. The van der Waals surface area contributed by atoms with Gasteiger partial charge in [0, 0.05) is 0 Å². The third-order valence-electron chi connectivity index (χ3n) is 7.56. The van der Waals surface area contributed by atoms with Crippen molar-refractivity contribution < 1.29 is 49.0 Å². The zero-order chi connectivity index (χ0) is 30.3. The minimum atomic E-state index is 0. The monoisotopic (exact) mass is 692 g/mol. The summed E-state index contributed by atoms with van der Waals surface area (Å²) in [6.07, 6.45) is 13.2. The van der Waals surface area contributed by atoms with Crippen LogP contribution in [0.25, 0.3) is 23.3 Å². The van der Waals surface area contributed by atoms with Gasteiger partial charge in [-0.15, -0.1) is 30.2 Å². The van der Waals surface area contributed by atoms with Crippen LogP contribution < -0.4 is 24.8 Å². The first-order valence-electron chi connectivity index (χ1n) is 14.5. The van der Waals surface area contributed by atoms with E-state index in [0.29, 0.717) is 5.41 Å². The fourth-order valence-corrected chi connectivity index (χ4v) is 5.71. The van der Waals surface area contributed by atoms with Crippen LogP contribution in [-0.4, -0.2) is 3.21 Å². The van der Waals surface area contributed by atoms with Crippen molar-refractivity contribution in [3.05, 3.63) is 166 Å². The van der Waals surface area contributed by atoms with Crippen molar-refractivity contribution in [2.24, 2.45) is 5.41 Å². The Balaban J connectivity index is 0.000000235. The smallest absolute Gasteiger partial charge is 1.00 e. The van der Waals surface area contributed by atoms with Crippen LogP contribution in [0.1, 0.15) is 71.7 Å². The quantitative estimate of drug-likeness (QED) is 0.244. The molecular formula is C41H40Cl2Zr-2. The summed E-state index contributed by atoms with van der Waals surface area (Å²) in [5.41, 5.74) is 14.6. The number of aryl methyl sites for hydroxylation is 2. The number of rotatable bonds is 4. The molecular weight excluding hydrogens is 655 g/mol. The van der Waals surface area contributed by atoms with Crippen molar-refractivity contribution in [1.29, 1.82) is 0 Å². The molecule has 0 fully saturated rings. The van der Waals surface area contributed by atoms with E-state index in [-0.39, 0.29) is 24.8 Å². The SMILES string of the molecule is C=Cc1c[c-]c2c(c1)-c1cc(C=C)ccc1C2.CC(C)(C)C1=CC[C-]=C1.Cc1ccc([C](=[Zr+2])c2ccc(C)cc2)cc1.[Cl-].[Cl-]. The van der Waals surface area contributed by atoms with Crippen molar-refractivity contribution in [2.45, 2.75) is 47.5 Å². The van der Waals surface area contributed by atoms with E-state index >= 15 is 0 Å². The van der Waals surface area contributed by atoms with Crippen molar-refractivity contribution in [1.82, 2.24) is 0 Å². The van der Waals surface area contributed by atoms with Gasteiger partial charge in [0.2, 0.25) is 0 Å². The predicted molar refractivity (Wildman–Crippen MR) is 179 cm³/mol. The Morgan fingerprint density at radius 1 is 0.773 bits per heavy atom. The second-order valence-electron chi connectivity index (χ2n) is 11.9. The molecule has 0 spiro atoms. The predicted octanol–water partition coefficient (Wildman–Crippen LogP) is 4.49. The van der Waals surface area contributed by atoms with E-state index in [0.717, 1.165) is 18.4 Å². The fourth-order valence-electron chi connectivity index (χ4n) is 4.89. The first-order chi connectivity index (χ1) is 20.1. The summed E-state index contributed by atoms with van der Waals surface area (Å²) in [5.74, 6) is 0.